The van der Waals surface area contributed by atoms with Gasteiger partial charge in [-0.05, 0) is 30.7 Å². The third-order valence-electron chi connectivity index (χ3n) is 4.48. The largest absolute Gasteiger partial charge is 0.490 e. The maximum Gasteiger partial charge on any atom is 0.254 e. The average Bonchev–Trinajstić information content (AvgIpc) is 2.68. The van der Waals surface area contributed by atoms with E-state index in [1.165, 1.54) is 0 Å². The minimum Gasteiger partial charge on any atom is -0.490 e. The summed E-state index contributed by atoms with van der Waals surface area (Å²) in [5.41, 5.74) is 0.973. The van der Waals surface area contributed by atoms with Crippen LogP contribution in [0.4, 0.5) is 0 Å². The highest BCUT2D eigenvalue weighted by Crippen LogP contribution is 2.19. The van der Waals surface area contributed by atoms with Crippen LogP contribution in [0.2, 0.25) is 0 Å². The van der Waals surface area contributed by atoms with Crippen molar-refractivity contribution in [1.82, 2.24) is 9.88 Å². The Morgan fingerprint density at radius 2 is 1.92 bits per heavy atom. The van der Waals surface area contributed by atoms with Crippen LogP contribution in [0.25, 0.3) is 0 Å². The lowest BCUT2D eigenvalue weighted by molar-refractivity contribution is -0.143. The molecule has 0 radical (unpaired) electrons. The van der Waals surface area contributed by atoms with Crippen molar-refractivity contribution in [3.05, 3.63) is 54.4 Å². The molecule has 3 rings (SSSR count). The zero-order chi connectivity index (χ0) is 18.4. The van der Waals surface area contributed by atoms with Gasteiger partial charge in [-0.2, -0.15) is 0 Å². The zero-order valence-corrected chi connectivity index (χ0v) is 14.9. The smallest absolute Gasteiger partial charge is 0.254 e. The number of carbonyl (C=O) groups is 1. The van der Waals surface area contributed by atoms with Crippen molar-refractivity contribution >= 4 is 5.91 Å². The minimum absolute atomic E-state index is 0.0445. The van der Waals surface area contributed by atoms with E-state index in [1.54, 1.807) is 17.3 Å². The van der Waals surface area contributed by atoms with Gasteiger partial charge >= 0.3 is 0 Å². The second kappa shape index (κ2) is 8.67. The van der Waals surface area contributed by atoms with E-state index in [-0.39, 0.29) is 18.6 Å². The fraction of sp³-hybridized carbons (Fsp3) is 0.400. The molecular weight excluding hydrogens is 332 g/mol. The standard InChI is InChI=1S/C20H24N2O4/c1-15-4-2-3-5-19(15)25-14-18(23)20(24)22-12-8-17(9-13-22)26-16-6-10-21-11-7-16/h2-7,10-11,17-18,23H,8-9,12-14H2,1H3/t18-/m0/s1. The zero-order valence-electron chi connectivity index (χ0n) is 14.9. The maximum absolute atomic E-state index is 12.4. The van der Waals surface area contributed by atoms with Gasteiger partial charge in [0.25, 0.3) is 5.91 Å². The number of aryl methyl sites for hydroxylation is 1. The van der Waals surface area contributed by atoms with Gasteiger partial charge < -0.3 is 19.5 Å². The number of carbonyl (C=O) groups excluding carboxylic acids is 1. The number of amides is 1. The van der Waals surface area contributed by atoms with E-state index in [4.69, 9.17) is 9.47 Å². The number of rotatable bonds is 6. The van der Waals surface area contributed by atoms with Gasteiger partial charge in [0.15, 0.2) is 6.10 Å². The molecule has 0 spiro atoms. The predicted molar refractivity (Wildman–Crippen MR) is 97.1 cm³/mol. The summed E-state index contributed by atoms with van der Waals surface area (Å²) >= 11 is 0. The first-order chi connectivity index (χ1) is 12.6. The molecule has 1 amide bonds. The van der Waals surface area contributed by atoms with Gasteiger partial charge in [0, 0.05) is 38.3 Å². The predicted octanol–water partition coefficient (Wildman–Crippen LogP) is 2.20. The molecule has 26 heavy (non-hydrogen) atoms. The molecule has 138 valence electrons. The number of nitrogens with zero attached hydrogens (tertiary/aromatic N) is 2. The molecule has 1 fully saturated rings. The van der Waals surface area contributed by atoms with Gasteiger partial charge in [0.05, 0.1) is 0 Å². The number of para-hydroxylation sites is 1. The second-order valence-corrected chi connectivity index (χ2v) is 6.42. The molecule has 0 saturated carbocycles. The van der Waals surface area contributed by atoms with Crippen LogP contribution in [0.1, 0.15) is 18.4 Å². The first kappa shape index (κ1) is 18.2. The molecule has 0 bridgehead atoms. The molecule has 1 aliphatic rings. The Kier molecular flexibility index (Phi) is 6.07. The van der Waals surface area contributed by atoms with Crippen LogP contribution in [0.3, 0.4) is 0 Å². The van der Waals surface area contributed by atoms with Gasteiger partial charge in [-0.15, -0.1) is 0 Å². The Morgan fingerprint density at radius 3 is 2.62 bits per heavy atom. The highest BCUT2D eigenvalue weighted by atomic mass is 16.5. The molecule has 6 nitrogen and oxygen atoms in total. The number of hydrogen-bond acceptors (Lipinski definition) is 5. The number of likely N-dealkylation sites (tertiary alicyclic amines) is 1. The summed E-state index contributed by atoms with van der Waals surface area (Å²) in [6.45, 7) is 3.01. The Labute approximate surface area is 153 Å². The summed E-state index contributed by atoms with van der Waals surface area (Å²) in [5, 5.41) is 10.2. The van der Waals surface area contributed by atoms with Crippen LogP contribution in [-0.4, -0.2) is 52.8 Å². The fourth-order valence-corrected chi connectivity index (χ4v) is 2.97. The number of aliphatic hydroxyl groups is 1. The second-order valence-electron chi connectivity index (χ2n) is 6.42. The van der Waals surface area contributed by atoms with E-state index < -0.39 is 6.10 Å². The molecular formula is C20H24N2O4. The molecule has 1 N–H and O–H groups in total. The highest BCUT2D eigenvalue weighted by Gasteiger charge is 2.28. The first-order valence-corrected chi connectivity index (χ1v) is 8.85. The fourth-order valence-electron chi connectivity index (χ4n) is 2.97. The number of piperidine rings is 1. The van der Waals surface area contributed by atoms with Crippen molar-refractivity contribution in [3.63, 3.8) is 0 Å². The minimum atomic E-state index is -1.16. The van der Waals surface area contributed by atoms with E-state index in [9.17, 15) is 9.90 Å². The van der Waals surface area contributed by atoms with Crippen LogP contribution in [0.5, 0.6) is 11.5 Å². The first-order valence-electron chi connectivity index (χ1n) is 8.85. The summed E-state index contributed by atoms with van der Waals surface area (Å²) < 4.78 is 11.5. The number of ether oxygens (including phenoxy) is 2. The summed E-state index contributed by atoms with van der Waals surface area (Å²) in [4.78, 5) is 18.1. The van der Waals surface area contributed by atoms with Crippen LogP contribution in [-0.2, 0) is 4.79 Å². The van der Waals surface area contributed by atoms with E-state index >= 15 is 0 Å². The molecule has 1 aromatic heterocycles. The van der Waals surface area contributed by atoms with Crippen molar-refractivity contribution < 1.29 is 19.4 Å². The molecule has 1 atom stereocenters. The summed E-state index contributed by atoms with van der Waals surface area (Å²) in [7, 11) is 0. The Morgan fingerprint density at radius 1 is 1.23 bits per heavy atom. The number of aromatic nitrogens is 1. The highest BCUT2D eigenvalue weighted by molar-refractivity contribution is 5.81. The summed E-state index contributed by atoms with van der Waals surface area (Å²) in [6, 6.07) is 11.2. The summed E-state index contributed by atoms with van der Waals surface area (Å²) in [6.07, 6.45) is 3.77. The van der Waals surface area contributed by atoms with Crippen LogP contribution < -0.4 is 9.47 Å². The molecule has 1 aliphatic heterocycles. The van der Waals surface area contributed by atoms with Crippen LogP contribution in [0, 0.1) is 6.92 Å². The molecule has 0 unspecified atom stereocenters. The van der Waals surface area contributed by atoms with E-state index in [2.05, 4.69) is 4.98 Å². The topological polar surface area (TPSA) is 71.9 Å². The lowest BCUT2D eigenvalue weighted by Gasteiger charge is -2.33. The number of hydrogen-bond donors (Lipinski definition) is 1. The molecule has 1 aromatic carbocycles. The Bertz CT molecular complexity index is 715. The molecule has 0 aliphatic carbocycles. The van der Waals surface area contributed by atoms with Crippen molar-refractivity contribution in [2.24, 2.45) is 0 Å². The van der Waals surface area contributed by atoms with Gasteiger partial charge in [-0.1, -0.05) is 18.2 Å². The summed E-state index contributed by atoms with van der Waals surface area (Å²) in [5.74, 6) is 1.18. The van der Waals surface area contributed by atoms with Gasteiger partial charge in [-0.3, -0.25) is 9.78 Å². The van der Waals surface area contributed by atoms with Gasteiger partial charge in [-0.25, -0.2) is 0 Å². The van der Waals surface area contributed by atoms with Crippen molar-refractivity contribution in [2.45, 2.75) is 32.0 Å². The SMILES string of the molecule is Cc1ccccc1OC[C@H](O)C(=O)N1CCC(Oc2ccncc2)CC1. The van der Waals surface area contributed by atoms with Crippen LogP contribution >= 0.6 is 0 Å². The van der Waals surface area contributed by atoms with Crippen molar-refractivity contribution in [1.29, 1.82) is 0 Å². The quantitative estimate of drug-likeness (QED) is 0.859. The van der Waals surface area contributed by atoms with Gasteiger partial charge in [0.2, 0.25) is 0 Å². The maximum atomic E-state index is 12.4. The number of pyridine rings is 1. The Balaban J connectivity index is 1.44. The van der Waals surface area contributed by atoms with E-state index in [0.29, 0.717) is 18.8 Å². The third-order valence-corrected chi connectivity index (χ3v) is 4.48. The molecule has 2 aromatic rings. The van der Waals surface area contributed by atoms with Crippen LogP contribution in [0.15, 0.2) is 48.8 Å². The van der Waals surface area contributed by atoms with E-state index in [1.807, 2.05) is 43.3 Å². The molecule has 6 heteroatoms. The molecule has 2 heterocycles. The number of aliphatic hydroxyl groups excluding tert-OH is 1. The van der Waals surface area contributed by atoms with Gasteiger partial charge in [0.1, 0.15) is 24.2 Å². The Hall–Kier alpha value is -2.60. The van der Waals surface area contributed by atoms with Crippen molar-refractivity contribution in [3.8, 4) is 11.5 Å². The lowest BCUT2D eigenvalue weighted by atomic mass is 10.1. The number of benzene rings is 1. The third kappa shape index (κ3) is 4.73. The van der Waals surface area contributed by atoms with E-state index in [0.717, 1.165) is 24.2 Å². The van der Waals surface area contributed by atoms with Crippen molar-refractivity contribution in [2.75, 3.05) is 19.7 Å². The monoisotopic (exact) mass is 356 g/mol. The average molecular weight is 356 g/mol. The lowest BCUT2D eigenvalue weighted by Crippen LogP contribution is -2.47. The molecule has 1 saturated heterocycles. The normalized spacial score (nSPS) is 16.2.